The molecule has 2 bridgehead atoms. The summed E-state index contributed by atoms with van der Waals surface area (Å²) < 4.78 is 24.2. The minimum atomic E-state index is -1.64. The van der Waals surface area contributed by atoms with Gasteiger partial charge in [-0.25, -0.2) is 4.39 Å². The van der Waals surface area contributed by atoms with Crippen LogP contribution in [0.2, 0.25) is 0 Å². The van der Waals surface area contributed by atoms with E-state index in [0.29, 0.717) is 37.7 Å². The van der Waals surface area contributed by atoms with E-state index in [1.54, 1.807) is 6.08 Å². The van der Waals surface area contributed by atoms with Gasteiger partial charge in [0.1, 0.15) is 11.7 Å². The summed E-state index contributed by atoms with van der Waals surface area (Å²) in [5, 5.41) is 23.1. The van der Waals surface area contributed by atoms with E-state index >= 15 is 4.39 Å². The number of hydrogen-bond donors (Lipinski definition) is 2. The Labute approximate surface area is 211 Å². The smallest absolute Gasteiger partial charge is 0.158 e. The maximum atomic E-state index is 17.1. The van der Waals surface area contributed by atoms with Gasteiger partial charge in [0, 0.05) is 23.5 Å². The topological polar surface area (TPSA) is 65.8 Å². The number of aromatic nitrogens is 1. The molecule has 1 saturated heterocycles. The van der Waals surface area contributed by atoms with Crippen LogP contribution < -0.4 is 0 Å². The van der Waals surface area contributed by atoms with Crippen molar-refractivity contribution in [1.29, 1.82) is 0 Å². The summed E-state index contributed by atoms with van der Waals surface area (Å²) in [4.78, 5) is 6.43. The van der Waals surface area contributed by atoms with Gasteiger partial charge in [0.15, 0.2) is 5.67 Å². The second kappa shape index (κ2) is 7.25. The van der Waals surface area contributed by atoms with Crippen molar-refractivity contribution in [3.05, 3.63) is 59.8 Å². The van der Waals surface area contributed by atoms with Gasteiger partial charge in [0.05, 0.1) is 17.2 Å². The average Bonchev–Trinajstić information content (AvgIpc) is 3.39. The number of pyridine rings is 1. The van der Waals surface area contributed by atoms with Gasteiger partial charge >= 0.3 is 0 Å². The Balaban J connectivity index is 1.30. The predicted molar refractivity (Wildman–Crippen MR) is 137 cm³/mol. The lowest BCUT2D eigenvalue weighted by atomic mass is 9.53. The molecule has 2 aliphatic heterocycles. The largest absolute Gasteiger partial charge is 0.388 e. The molecule has 5 nitrogen and oxygen atoms in total. The summed E-state index contributed by atoms with van der Waals surface area (Å²) in [6, 6.07) is 10.3. The Morgan fingerprint density at radius 3 is 2.75 bits per heavy atom. The van der Waals surface area contributed by atoms with Crippen LogP contribution in [-0.4, -0.2) is 69.3 Å². The summed E-state index contributed by atoms with van der Waals surface area (Å²) >= 11 is 0. The Morgan fingerprint density at radius 2 is 1.94 bits per heavy atom. The maximum absolute atomic E-state index is 17.1. The van der Waals surface area contributed by atoms with E-state index in [1.165, 1.54) is 11.1 Å². The first kappa shape index (κ1) is 23.0. The van der Waals surface area contributed by atoms with E-state index < -0.39 is 29.1 Å². The highest BCUT2D eigenvalue weighted by Crippen LogP contribution is 2.71. The number of aliphatic hydroxyl groups is 2. The molecule has 2 spiro atoms. The van der Waals surface area contributed by atoms with Crippen LogP contribution in [0.4, 0.5) is 4.39 Å². The average molecular weight is 491 g/mol. The molecule has 0 radical (unpaired) electrons. The van der Waals surface area contributed by atoms with Gasteiger partial charge in [-0.05, 0) is 99.0 Å². The Hall–Kier alpha value is -2.12. The van der Waals surface area contributed by atoms with Gasteiger partial charge in [-0.1, -0.05) is 25.1 Å². The second-order valence-electron chi connectivity index (χ2n) is 12.4. The number of aliphatic hydroxyl groups excluding tert-OH is 2. The zero-order valence-electron chi connectivity index (χ0n) is 21.2. The van der Waals surface area contributed by atoms with Crippen molar-refractivity contribution in [3.63, 3.8) is 0 Å². The quantitative estimate of drug-likeness (QED) is 0.610. The molecule has 2 N–H and O–H groups in total. The van der Waals surface area contributed by atoms with Crippen molar-refractivity contribution in [3.8, 4) is 0 Å². The fourth-order valence-electron chi connectivity index (χ4n) is 8.67. The van der Waals surface area contributed by atoms with Crippen LogP contribution in [-0.2, 0) is 4.74 Å². The van der Waals surface area contributed by atoms with Crippen molar-refractivity contribution in [1.82, 2.24) is 9.88 Å². The molecule has 3 heterocycles. The van der Waals surface area contributed by atoms with Gasteiger partial charge in [-0.3, -0.25) is 4.98 Å². The third-order valence-corrected chi connectivity index (χ3v) is 10.6. The highest BCUT2D eigenvalue weighted by atomic mass is 19.1. The molecular formula is C30H35FN2O3. The third-order valence-electron chi connectivity index (χ3n) is 10.6. The fourth-order valence-corrected chi connectivity index (χ4v) is 8.67. The summed E-state index contributed by atoms with van der Waals surface area (Å²) in [5.74, 6) is 0.0160. The molecule has 5 aliphatic rings. The number of hydrogen-bond acceptors (Lipinski definition) is 5. The molecule has 3 fully saturated rings. The number of likely N-dealkylation sites (N-methyl/N-ethyl adjacent to an activating group) is 1. The molecule has 2 saturated carbocycles. The van der Waals surface area contributed by atoms with Crippen LogP contribution in [0.5, 0.6) is 0 Å². The molecule has 2 aromatic rings. The molecule has 8 atom stereocenters. The Morgan fingerprint density at radius 1 is 1.11 bits per heavy atom. The van der Waals surface area contributed by atoms with E-state index in [4.69, 9.17) is 4.74 Å². The fraction of sp³-hybridized carbons (Fsp3) is 0.567. The van der Waals surface area contributed by atoms with E-state index in [-0.39, 0.29) is 17.4 Å². The maximum Gasteiger partial charge on any atom is 0.158 e. The minimum Gasteiger partial charge on any atom is -0.388 e. The lowest BCUT2D eigenvalue weighted by molar-refractivity contribution is -0.239. The van der Waals surface area contributed by atoms with Crippen LogP contribution >= 0.6 is 0 Å². The van der Waals surface area contributed by atoms with Gasteiger partial charge < -0.3 is 19.8 Å². The molecule has 1 aromatic carbocycles. The van der Waals surface area contributed by atoms with E-state index in [2.05, 4.69) is 42.2 Å². The predicted octanol–water partition coefficient (Wildman–Crippen LogP) is 4.43. The van der Waals surface area contributed by atoms with Crippen LogP contribution in [0.15, 0.2) is 54.3 Å². The van der Waals surface area contributed by atoms with Gasteiger partial charge in [-0.2, -0.15) is 0 Å². The zero-order chi connectivity index (χ0) is 25.1. The summed E-state index contributed by atoms with van der Waals surface area (Å²) in [5.41, 5.74) is 0.556. The number of nitrogens with zero attached hydrogens (tertiary/aromatic N) is 2. The first-order valence-corrected chi connectivity index (χ1v) is 13.3. The number of alkyl halides is 1. The first-order chi connectivity index (χ1) is 17.1. The molecule has 0 amide bonds. The van der Waals surface area contributed by atoms with Crippen LogP contribution in [0.25, 0.3) is 16.5 Å². The number of benzene rings is 1. The SMILES string of the molecule is CN(C)[C@H]1C[C@@]23CC[C@]4(O2)C2CC=C(c5ccc6ncccc6c5)[C@@]2(C)CCC4(F)C=C3[C@@H](O)[C@@H]1O. The highest BCUT2D eigenvalue weighted by Gasteiger charge is 2.74. The number of allylic oxidation sites excluding steroid dienone is 2. The molecule has 3 aliphatic carbocycles. The van der Waals surface area contributed by atoms with Crippen molar-refractivity contribution in [2.45, 2.75) is 80.6 Å². The number of ether oxygens (including phenoxy) is 1. The lowest BCUT2D eigenvalue weighted by Gasteiger charge is -2.60. The number of rotatable bonds is 2. The Bertz CT molecular complexity index is 1320. The van der Waals surface area contributed by atoms with Crippen LogP contribution in [0.3, 0.4) is 0 Å². The summed E-state index contributed by atoms with van der Waals surface area (Å²) in [7, 11) is 3.84. The third kappa shape index (κ3) is 2.71. The van der Waals surface area contributed by atoms with Gasteiger partial charge in [0.2, 0.25) is 0 Å². The lowest BCUT2D eigenvalue weighted by Crippen LogP contribution is -2.68. The van der Waals surface area contributed by atoms with E-state index in [0.717, 1.165) is 17.3 Å². The van der Waals surface area contributed by atoms with Crippen molar-refractivity contribution < 1.29 is 19.3 Å². The van der Waals surface area contributed by atoms with Crippen molar-refractivity contribution >= 4 is 16.5 Å². The molecule has 1 aromatic heterocycles. The molecule has 6 heteroatoms. The second-order valence-corrected chi connectivity index (χ2v) is 12.4. The molecule has 36 heavy (non-hydrogen) atoms. The van der Waals surface area contributed by atoms with Crippen molar-refractivity contribution in [2.75, 3.05) is 14.1 Å². The van der Waals surface area contributed by atoms with E-state index in [9.17, 15) is 10.2 Å². The molecular weight excluding hydrogens is 455 g/mol. The standard InChI is InChI=1S/C30H35FN2O3/c1-27-10-12-29(31)16-21-25(34)26(35)23(33(2)3)17-28(21)11-13-30(29,36-28)24(27)9-7-20(27)18-6-8-22-19(15-18)5-4-14-32-22/h4-8,14-16,23-26,34-35H,9-13,17H2,1-3H3/t23-,24?,25+,26+,27+,28+,29?,30-/m0/s1. The van der Waals surface area contributed by atoms with E-state index in [1.807, 2.05) is 31.3 Å². The summed E-state index contributed by atoms with van der Waals surface area (Å²) in [6.07, 6.45) is 7.51. The minimum absolute atomic E-state index is 0.0160. The first-order valence-electron chi connectivity index (χ1n) is 13.3. The highest BCUT2D eigenvalue weighted by molar-refractivity contribution is 5.85. The summed E-state index contributed by atoms with van der Waals surface area (Å²) in [6.45, 7) is 2.30. The van der Waals surface area contributed by atoms with Crippen molar-refractivity contribution in [2.24, 2.45) is 11.3 Å². The monoisotopic (exact) mass is 490 g/mol. The number of halogens is 1. The van der Waals surface area contributed by atoms with Gasteiger partial charge in [-0.15, -0.1) is 0 Å². The Kier molecular flexibility index (Phi) is 4.64. The molecule has 2 unspecified atom stereocenters. The van der Waals surface area contributed by atoms with Crippen LogP contribution in [0, 0.1) is 11.3 Å². The van der Waals surface area contributed by atoms with Gasteiger partial charge in [0.25, 0.3) is 0 Å². The normalized spacial score (nSPS) is 45.2. The molecule has 7 rings (SSSR count). The van der Waals surface area contributed by atoms with Crippen LogP contribution in [0.1, 0.15) is 51.0 Å². The molecule has 190 valence electrons. The number of fused-ring (bicyclic) bond motifs is 2. The zero-order valence-corrected chi connectivity index (χ0v) is 21.2.